The van der Waals surface area contributed by atoms with Crippen LogP contribution in [-0.2, 0) is 26.2 Å². The minimum Gasteiger partial charge on any atom is -0.478 e. The molecule has 0 amide bonds. The zero-order valence-electron chi connectivity index (χ0n) is 21.6. The van der Waals surface area contributed by atoms with Gasteiger partial charge in [-0.05, 0) is 61.2 Å². The zero-order valence-corrected chi connectivity index (χ0v) is 23.2. The van der Waals surface area contributed by atoms with Gasteiger partial charge in [0.15, 0.2) is 5.78 Å². The normalized spacial score (nSPS) is 15.5. The number of rotatable bonds is 8. The van der Waals surface area contributed by atoms with Crippen molar-refractivity contribution in [2.45, 2.75) is 41.8 Å². The Hall–Kier alpha value is -3.59. The number of carboxylic acids is 1. The average molecular weight is 611 g/mol. The number of hydrogen-bond acceptors (Lipinski definition) is 6. The molecule has 1 saturated heterocycles. The van der Waals surface area contributed by atoms with Crippen molar-refractivity contribution in [1.82, 2.24) is 9.03 Å². The molecule has 0 atom stereocenters. The number of ketones is 1. The molecule has 0 unspecified atom stereocenters. The number of piperidine rings is 1. The maximum Gasteiger partial charge on any atom is 0.417 e. The van der Waals surface area contributed by atoms with Gasteiger partial charge in [-0.2, -0.15) is 17.5 Å². The second kappa shape index (κ2) is 11.4. The first-order valence-electron chi connectivity index (χ1n) is 12.3. The van der Waals surface area contributed by atoms with E-state index >= 15 is 0 Å². The van der Waals surface area contributed by atoms with Gasteiger partial charge in [0.25, 0.3) is 0 Å². The van der Waals surface area contributed by atoms with Crippen LogP contribution in [0.25, 0.3) is 11.1 Å². The summed E-state index contributed by atoms with van der Waals surface area (Å²) in [5.74, 6) is -1.67. The molecular weight excluding hydrogens is 585 g/mol. The van der Waals surface area contributed by atoms with Crippen molar-refractivity contribution >= 4 is 31.8 Å². The van der Waals surface area contributed by atoms with Crippen LogP contribution >= 0.6 is 0 Å². The fourth-order valence-electron chi connectivity index (χ4n) is 4.63. The fourth-order valence-corrected chi connectivity index (χ4v) is 7.66. The summed E-state index contributed by atoms with van der Waals surface area (Å²) in [6.45, 7) is 0.995. The van der Waals surface area contributed by atoms with Crippen molar-refractivity contribution < 1.29 is 44.7 Å². The molecule has 1 fully saturated rings. The van der Waals surface area contributed by atoms with Gasteiger partial charge < -0.3 is 5.11 Å². The molecule has 0 bridgehead atoms. The van der Waals surface area contributed by atoms with E-state index in [2.05, 4.69) is 4.72 Å². The molecule has 0 radical (unpaired) electrons. The first kappa shape index (κ1) is 30.4. The molecule has 14 heteroatoms. The van der Waals surface area contributed by atoms with Gasteiger partial charge in [-0.1, -0.05) is 36.4 Å². The van der Waals surface area contributed by atoms with E-state index in [1.807, 2.05) is 0 Å². The number of carboxylic acid groups (broad SMARTS) is 1. The van der Waals surface area contributed by atoms with E-state index in [1.165, 1.54) is 43.3 Å². The van der Waals surface area contributed by atoms with Crippen LogP contribution in [0, 0.1) is 0 Å². The van der Waals surface area contributed by atoms with Gasteiger partial charge in [-0.3, -0.25) is 4.79 Å². The first-order chi connectivity index (χ1) is 19.1. The molecule has 1 heterocycles. The molecule has 0 aliphatic carbocycles. The number of alkyl halides is 3. The summed E-state index contributed by atoms with van der Waals surface area (Å²) in [5, 5.41) is 9.14. The highest BCUT2D eigenvalue weighted by molar-refractivity contribution is 7.89. The lowest BCUT2D eigenvalue weighted by Gasteiger charge is -2.31. The third-order valence-corrected chi connectivity index (χ3v) is 10.2. The highest BCUT2D eigenvalue weighted by atomic mass is 32.2. The molecule has 0 saturated carbocycles. The molecule has 3 aromatic carbocycles. The van der Waals surface area contributed by atoms with Crippen LogP contribution in [0.5, 0.6) is 0 Å². The third-order valence-electron chi connectivity index (χ3n) is 6.69. The molecule has 3 aromatic rings. The van der Waals surface area contributed by atoms with Crippen molar-refractivity contribution in [2.24, 2.45) is 0 Å². The van der Waals surface area contributed by atoms with E-state index in [0.717, 1.165) is 16.4 Å². The van der Waals surface area contributed by atoms with Gasteiger partial charge in [0.1, 0.15) is 0 Å². The molecule has 9 nitrogen and oxygen atoms in total. The Morgan fingerprint density at radius 3 is 2.20 bits per heavy atom. The second-order valence-electron chi connectivity index (χ2n) is 9.44. The highest BCUT2D eigenvalue weighted by Crippen LogP contribution is 2.38. The van der Waals surface area contributed by atoms with Crippen molar-refractivity contribution in [3.05, 3.63) is 83.4 Å². The Kier molecular flexibility index (Phi) is 8.41. The molecule has 1 aliphatic rings. The number of sulfonamides is 2. The van der Waals surface area contributed by atoms with Crippen LogP contribution in [-0.4, -0.2) is 57.1 Å². The summed E-state index contributed by atoms with van der Waals surface area (Å²) in [6.07, 6.45) is -5.09. The number of hydrogen-bond donors (Lipinski definition) is 2. The van der Waals surface area contributed by atoms with Crippen molar-refractivity contribution in [3.63, 3.8) is 0 Å². The van der Waals surface area contributed by atoms with E-state index in [0.29, 0.717) is 6.07 Å². The van der Waals surface area contributed by atoms with Gasteiger partial charge in [-0.25, -0.2) is 26.4 Å². The largest absolute Gasteiger partial charge is 0.478 e. The number of Topliss-reactive ketones (excluding diaryl/α,β-unsaturated/α-hetero) is 1. The van der Waals surface area contributed by atoms with E-state index in [4.69, 9.17) is 5.11 Å². The average Bonchev–Trinajstić information content (AvgIpc) is 2.92. The topological polar surface area (TPSA) is 138 Å². The van der Waals surface area contributed by atoms with Crippen molar-refractivity contribution in [2.75, 3.05) is 13.1 Å². The Balaban J connectivity index is 1.56. The lowest BCUT2D eigenvalue weighted by molar-refractivity contribution is -0.139. The molecule has 1 aliphatic heterocycles. The second-order valence-corrected chi connectivity index (χ2v) is 13.1. The number of nitrogens with one attached hydrogen (secondary N) is 1. The number of carbonyl (C=O) groups is 2. The molecule has 41 heavy (non-hydrogen) atoms. The van der Waals surface area contributed by atoms with Crippen LogP contribution in [0.3, 0.4) is 0 Å². The standard InChI is InChI=1S/C27H25F3N2O7S2/c1-17(33)22-7-2-3-8-23(22)18-9-10-25(24(16-18)27(28,29)30)40(36,37)31-20-11-13-32(14-12-20)41(38,39)21-6-4-5-19(15-21)26(34)35/h2-10,15-16,20,31H,11-14H2,1H3,(H,34,35). The Labute approximate surface area is 234 Å². The van der Waals surface area contributed by atoms with E-state index in [1.54, 1.807) is 12.1 Å². The Bertz CT molecular complexity index is 1710. The first-order valence-corrected chi connectivity index (χ1v) is 15.2. The summed E-state index contributed by atoms with van der Waals surface area (Å²) < 4.78 is 97.8. The van der Waals surface area contributed by atoms with Gasteiger partial charge in [0.2, 0.25) is 20.0 Å². The van der Waals surface area contributed by atoms with Crippen molar-refractivity contribution in [3.8, 4) is 11.1 Å². The molecule has 4 rings (SSSR count). The fraction of sp³-hybridized carbons (Fsp3) is 0.259. The predicted octanol–water partition coefficient (Wildman–Crippen LogP) is 4.40. The summed E-state index contributed by atoms with van der Waals surface area (Å²) in [7, 11) is -8.77. The van der Waals surface area contributed by atoms with Crippen LogP contribution < -0.4 is 4.72 Å². The highest BCUT2D eigenvalue weighted by Gasteiger charge is 2.39. The minimum absolute atomic E-state index is 0.0209. The Morgan fingerprint density at radius 1 is 0.927 bits per heavy atom. The number of carbonyl (C=O) groups excluding carboxylic acids is 1. The quantitative estimate of drug-likeness (QED) is 0.361. The maximum atomic E-state index is 14.1. The minimum atomic E-state index is -5.03. The van der Waals surface area contributed by atoms with Crippen LogP contribution in [0.15, 0.2) is 76.5 Å². The monoisotopic (exact) mass is 610 g/mol. The van der Waals surface area contributed by atoms with Crippen molar-refractivity contribution in [1.29, 1.82) is 0 Å². The summed E-state index contributed by atoms with van der Waals surface area (Å²) in [5.41, 5.74) is -1.19. The van der Waals surface area contributed by atoms with Crippen LogP contribution in [0.4, 0.5) is 13.2 Å². The number of aromatic carboxylic acids is 1. The van der Waals surface area contributed by atoms with Gasteiger partial charge in [0, 0.05) is 24.7 Å². The van der Waals surface area contributed by atoms with E-state index in [9.17, 15) is 39.6 Å². The summed E-state index contributed by atoms with van der Waals surface area (Å²) >= 11 is 0. The van der Waals surface area contributed by atoms with Gasteiger partial charge >= 0.3 is 12.1 Å². The third kappa shape index (κ3) is 6.50. The number of benzene rings is 3. The molecule has 0 aromatic heterocycles. The molecule has 2 N–H and O–H groups in total. The zero-order chi connectivity index (χ0) is 30.2. The SMILES string of the molecule is CC(=O)c1ccccc1-c1ccc(S(=O)(=O)NC2CCN(S(=O)(=O)c3cccc(C(=O)O)c3)CC2)c(C(F)(F)F)c1. The van der Waals surface area contributed by atoms with Gasteiger partial charge in [-0.15, -0.1) is 0 Å². The summed E-state index contributed by atoms with van der Waals surface area (Å²) in [6, 6.07) is 12.7. The molecular formula is C27H25F3N2O7S2. The Morgan fingerprint density at radius 2 is 1.59 bits per heavy atom. The lowest BCUT2D eigenvalue weighted by atomic mass is 9.96. The van der Waals surface area contributed by atoms with Crippen LogP contribution in [0.1, 0.15) is 46.0 Å². The van der Waals surface area contributed by atoms with E-state index < -0.39 is 48.7 Å². The molecule has 218 valence electrons. The predicted molar refractivity (Wildman–Crippen MR) is 142 cm³/mol. The molecule has 0 spiro atoms. The smallest absolute Gasteiger partial charge is 0.417 e. The number of nitrogens with zero attached hydrogens (tertiary/aromatic N) is 1. The van der Waals surface area contributed by atoms with Gasteiger partial charge in [0.05, 0.1) is 20.9 Å². The van der Waals surface area contributed by atoms with E-state index in [-0.39, 0.29) is 58.9 Å². The number of halogens is 3. The summed E-state index contributed by atoms with van der Waals surface area (Å²) in [4.78, 5) is 22.0. The van der Waals surface area contributed by atoms with Crippen LogP contribution in [0.2, 0.25) is 0 Å². The lowest BCUT2D eigenvalue weighted by Crippen LogP contribution is -2.46. The maximum absolute atomic E-state index is 14.1.